The van der Waals surface area contributed by atoms with E-state index in [1.165, 1.54) is 38.8 Å². The highest BCUT2D eigenvalue weighted by Gasteiger charge is 2.10. The van der Waals surface area contributed by atoms with Crippen LogP contribution in [0.1, 0.15) is 32.6 Å². The number of hydrogen-bond acceptors (Lipinski definition) is 1. The molecule has 0 atom stereocenters. The van der Waals surface area contributed by atoms with E-state index < -0.39 is 0 Å². The van der Waals surface area contributed by atoms with Crippen LogP contribution in [0, 0.1) is 5.92 Å². The molecule has 0 saturated carbocycles. The van der Waals surface area contributed by atoms with Gasteiger partial charge in [0.1, 0.15) is 0 Å². The van der Waals surface area contributed by atoms with Crippen molar-refractivity contribution in [3.05, 3.63) is 12.2 Å². The summed E-state index contributed by atoms with van der Waals surface area (Å²) in [4.78, 5) is 0. The van der Waals surface area contributed by atoms with Crippen LogP contribution in [0.2, 0.25) is 0 Å². The number of hydrogen-bond donors (Lipinski definition) is 1. The lowest BCUT2D eigenvalue weighted by atomic mass is 9.94. The number of rotatable bonds is 3. The van der Waals surface area contributed by atoms with Gasteiger partial charge < -0.3 is 5.32 Å². The molecule has 0 aromatic heterocycles. The highest BCUT2D eigenvalue weighted by Crippen LogP contribution is 2.15. The molecule has 0 radical (unpaired) electrons. The van der Waals surface area contributed by atoms with Crippen LogP contribution in [0.3, 0.4) is 0 Å². The first kappa shape index (κ1) is 8.79. The topological polar surface area (TPSA) is 12.0 Å². The van der Waals surface area contributed by atoms with Gasteiger partial charge in [0, 0.05) is 0 Å². The summed E-state index contributed by atoms with van der Waals surface area (Å²) >= 11 is 0. The SMILES string of the molecule is CCC=CCC1CCNCC1. The zero-order valence-electron chi connectivity index (χ0n) is 7.47. The highest BCUT2D eigenvalue weighted by atomic mass is 14.9. The van der Waals surface area contributed by atoms with E-state index >= 15 is 0 Å². The molecule has 64 valence electrons. The fourth-order valence-electron chi connectivity index (χ4n) is 1.57. The smallest absolute Gasteiger partial charge is 0.00462 e. The van der Waals surface area contributed by atoms with Crippen LogP contribution in [0.4, 0.5) is 0 Å². The third-order valence-corrected chi connectivity index (χ3v) is 2.33. The summed E-state index contributed by atoms with van der Waals surface area (Å²) < 4.78 is 0. The standard InChI is InChI=1S/C10H19N/c1-2-3-4-5-10-6-8-11-9-7-10/h3-4,10-11H,2,5-9H2,1H3. The van der Waals surface area contributed by atoms with Gasteiger partial charge in [0.25, 0.3) is 0 Å². The van der Waals surface area contributed by atoms with Crippen molar-refractivity contribution in [1.29, 1.82) is 0 Å². The molecule has 1 heterocycles. The Labute approximate surface area is 69.9 Å². The molecule has 0 aromatic rings. The molecule has 1 rings (SSSR count). The second-order valence-electron chi connectivity index (χ2n) is 3.31. The van der Waals surface area contributed by atoms with E-state index in [0.29, 0.717) is 0 Å². The predicted octanol–water partition coefficient (Wildman–Crippen LogP) is 2.34. The number of piperidine rings is 1. The maximum absolute atomic E-state index is 3.38. The summed E-state index contributed by atoms with van der Waals surface area (Å²) in [6.45, 7) is 4.65. The van der Waals surface area contributed by atoms with Crippen LogP contribution in [0.5, 0.6) is 0 Å². The molecule has 0 spiro atoms. The van der Waals surface area contributed by atoms with Crippen molar-refractivity contribution in [1.82, 2.24) is 5.32 Å². The molecule has 1 heteroatoms. The third kappa shape index (κ3) is 3.57. The van der Waals surface area contributed by atoms with E-state index in [9.17, 15) is 0 Å². The number of allylic oxidation sites excluding steroid dienone is 2. The maximum atomic E-state index is 3.38. The first-order chi connectivity index (χ1) is 5.43. The van der Waals surface area contributed by atoms with Crippen LogP contribution in [-0.4, -0.2) is 13.1 Å². The molecule has 0 aliphatic carbocycles. The fraction of sp³-hybridized carbons (Fsp3) is 0.800. The average molecular weight is 153 g/mol. The Bertz CT molecular complexity index is 112. The summed E-state index contributed by atoms with van der Waals surface area (Å²) in [6.07, 6.45) is 9.85. The first-order valence-corrected chi connectivity index (χ1v) is 4.79. The zero-order chi connectivity index (χ0) is 7.94. The highest BCUT2D eigenvalue weighted by molar-refractivity contribution is 4.84. The van der Waals surface area contributed by atoms with Gasteiger partial charge in [0.15, 0.2) is 0 Å². The molecule has 1 nitrogen and oxygen atoms in total. The van der Waals surface area contributed by atoms with Gasteiger partial charge in [-0.1, -0.05) is 19.1 Å². The van der Waals surface area contributed by atoms with E-state index in [0.717, 1.165) is 5.92 Å². The quantitative estimate of drug-likeness (QED) is 0.614. The molecular formula is C10H19N. The molecule has 1 N–H and O–H groups in total. The molecule has 11 heavy (non-hydrogen) atoms. The minimum Gasteiger partial charge on any atom is -0.317 e. The van der Waals surface area contributed by atoms with Gasteiger partial charge in [-0.25, -0.2) is 0 Å². The summed E-state index contributed by atoms with van der Waals surface area (Å²) in [5, 5.41) is 3.38. The van der Waals surface area contributed by atoms with Crippen molar-refractivity contribution in [3.63, 3.8) is 0 Å². The third-order valence-electron chi connectivity index (χ3n) is 2.33. The monoisotopic (exact) mass is 153 g/mol. The van der Waals surface area contributed by atoms with Gasteiger partial charge in [0.05, 0.1) is 0 Å². The molecule has 0 unspecified atom stereocenters. The van der Waals surface area contributed by atoms with E-state index in [2.05, 4.69) is 24.4 Å². The van der Waals surface area contributed by atoms with Crippen LogP contribution < -0.4 is 5.32 Å². The van der Waals surface area contributed by atoms with E-state index in [1.807, 2.05) is 0 Å². The van der Waals surface area contributed by atoms with Crippen molar-refractivity contribution in [2.45, 2.75) is 32.6 Å². The number of nitrogens with one attached hydrogen (secondary N) is 1. The van der Waals surface area contributed by atoms with Crippen LogP contribution in [0.15, 0.2) is 12.2 Å². The summed E-state index contributed by atoms with van der Waals surface area (Å²) in [5.41, 5.74) is 0. The largest absolute Gasteiger partial charge is 0.317 e. The molecule has 0 amide bonds. The Hall–Kier alpha value is -0.300. The van der Waals surface area contributed by atoms with E-state index in [-0.39, 0.29) is 0 Å². The molecular weight excluding hydrogens is 134 g/mol. The predicted molar refractivity (Wildman–Crippen MR) is 49.6 cm³/mol. The lowest BCUT2D eigenvalue weighted by Gasteiger charge is -2.20. The summed E-state index contributed by atoms with van der Waals surface area (Å²) in [6, 6.07) is 0. The first-order valence-electron chi connectivity index (χ1n) is 4.79. The lowest BCUT2D eigenvalue weighted by Crippen LogP contribution is -2.27. The zero-order valence-corrected chi connectivity index (χ0v) is 7.47. The molecule has 1 aliphatic rings. The van der Waals surface area contributed by atoms with Gasteiger partial charge in [-0.3, -0.25) is 0 Å². The van der Waals surface area contributed by atoms with Gasteiger partial charge in [-0.05, 0) is 44.7 Å². The summed E-state index contributed by atoms with van der Waals surface area (Å²) in [5.74, 6) is 0.957. The molecule has 1 aliphatic heterocycles. The van der Waals surface area contributed by atoms with Crippen molar-refractivity contribution in [2.75, 3.05) is 13.1 Å². The normalized spacial score (nSPS) is 21.2. The molecule has 0 bridgehead atoms. The van der Waals surface area contributed by atoms with Gasteiger partial charge in [-0.2, -0.15) is 0 Å². The molecule has 1 saturated heterocycles. The van der Waals surface area contributed by atoms with Gasteiger partial charge in [0.2, 0.25) is 0 Å². The van der Waals surface area contributed by atoms with Crippen molar-refractivity contribution in [2.24, 2.45) is 5.92 Å². The lowest BCUT2D eigenvalue weighted by molar-refractivity contribution is 0.377. The minimum atomic E-state index is 0.957. The Kier molecular flexibility index (Phi) is 4.29. The van der Waals surface area contributed by atoms with Crippen LogP contribution in [0.25, 0.3) is 0 Å². The van der Waals surface area contributed by atoms with Crippen LogP contribution >= 0.6 is 0 Å². The Morgan fingerprint density at radius 3 is 2.64 bits per heavy atom. The Morgan fingerprint density at radius 1 is 1.27 bits per heavy atom. The Morgan fingerprint density at radius 2 is 2.00 bits per heavy atom. The average Bonchev–Trinajstić information content (AvgIpc) is 2.07. The van der Waals surface area contributed by atoms with E-state index in [1.54, 1.807) is 0 Å². The van der Waals surface area contributed by atoms with Gasteiger partial charge in [-0.15, -0.1) is 0 Å². The fourth-order valence-corrected chi connectivity index (χ4v) is 1.57. The van der Waals surface area contributed by atoms with Crippen molar-refractivity contribution < 1.29 is 0 Å². The summed E-state index contributed by atoms with van der Waals surface area (Å²) in [7, 11) is 0. The minimum absolute atomic E-state index is 0.957. The van der Waals surface area contributed by atoms with Gasteiger partial charge >= 0.3 is 0 Å². The van der Waals surface area contributed by atoms with Crippen LogP contribution in [-0.2, 0) is 0 Å². The molecule has 1 fully saturated rings. The second kappa shape index (κ2) is 5.36. The molecule has 0 aromatic carbocycles. The maximum Gasteiger partial charge on any atom is -0.00462 e. The van der Waals surface area contributed by atoms with Crippen molar-refractivity contribution >= 4 is 0 Å². The van der Waals surface area contributed by atoms with Crippen molar-refractivity contribution in [3.8, 4) is 0 Å². The second-order valence-corrected chi connectivity index (χ2v) is 3.31. The Balaban J connectivity index is 2.09. The van der Waals surface area contributed by atoms with E-state index in [4.69, 9.17) is 0 Å².